The van der Waals surface area contributed by atoms with Gasteiger partial charge in [0, 0.05) is 25.2 Å². The van der Waals surface area contributed by atoms with Crippen molar-refractivity contribution < 1.29 is 0 Å². The number of hydrogen-bond acceptors (Lipinski definition) is 4. The van der Waals surface area contributed by atoms with Crippen molar-refractivity contribution in [3.05, 3.63) is 52.8 Å². The molecular weight excluding hydrogens is 280 g/mol. The zero-order valence-corrected chi connectivity index (χ0v) is 12.2. The van der Waals surface area contributed by atoms with Gasteiger partial charge in [-0.05, 0) is 6.07 Å². The van der Waals surface area contributed by atoms with Crippen LogP contribution in [0.3, 0.4) is 0 Å². The predicted octanol–water partition coefficient (Wildman–Crippen LogP) is 0.556. The number of nitrogens with zero attached hydrogens (tertiary/aromatic N) is 4. The second kappa shape index (κ2) is 7.59. The summed E-state index contributed by atoms with van der Waals surface area (Å²) in [6.45, 7) is 0.790. The zero-order chi connectivity index (χ0) is 15.8. The summed E-state index contributed by atoms with van der Waals surface area (Å²) < 4.78 is 1.38. The van der Waals surface area contributed by atoms with Crippen LogP contribution in [0, 0.1) is 11.5 Å². The topological polar surface area (TPSA) is 95.1 Å². The summed E-state index contributed by atoms with van der Waals surface area (Å²) in [5.74, 6) is 0.356. The molecule has 0 spiro atoms. The predicted molar refractivity (Wildman–Crippen MR) is 84.0 cm³/mol. The lowest BCUT2D eigenvalue weighted by atomic mass is 10.1. The van der Waals surface area contributed by atoms with E-state index in [2.05, 4.69) is 20.7 Å². The molecule has 0 saturated heterocycles. The lowest BCUT2D eigenvalue weighted by molar-refractivity contribution is 0.570. The maximum atomic E-state index is 11.8. The molecule has 2 aromatic rings. The summed E-state index contributed by atoms with van der Waals surface area (Å²) in [7, 11) is 1.56. The van der Waals surface area contributed by atoms with E-state index < -0.39 is 0 Å². The van der Waals surface area contributed by atoms with Gasteiger partial charge in [0.1, 0.15) is 0 Å². The third-order valence-electron chi connectivity index (χ3n) is 2.95. The fourth-order valence-electron chi connectivity index (χ4n) is 1.88. The highest BCUT2D eigenvalue weighted by Gasteiger charge is 2.03. The van der Waals surface area contributed by atoms with Gasteiger partial charge in [0.15, 0.2) is 6.19 Å². The Labute approximate surface area is 127 Å². The third kappa shape index (κ3) is 3.93. The Morgan fingerprint density at radius 3 is 2.77 bits per heavy atom. The number of hydrogen-bond donors (Lipinski definition) is 2. The van der Waals surface area contributed by atoms with Crippen molar-refractivity contribution in [1.82, 2.24) is 20.4 Å². The normalized spacial score (nSPS) is 10.8. The van der Waals surface area contributed by atoms with E-state index in [9.17, 15) is 4.79 Å². The maximum absolute atomic E-state index is 11.8. The quantitative estimate of drug-likeness (QED) is 0.372. The van der Waals surface area contributed by atoms with Crippen LogP contribution >= 0.6 is 0 Å². The van der Waals surface area contributed by atoms with Crippen LogP contribution in [0.1, 0.15) is 0 Å². The molecule has 0 atom stereocenters. The lowest BCUT2D eigenvalue weighted by Gasteiger charge is -2.09. The Morgan fingerprint density at radius 2 is 2.09 bits per heavy atom. The van der Waals surface area contributed by atoms with Crippen molar-refractivity contribution in [2.24, 2.45) is 4.99 Å². The number of benzene rings is 1. The minimum atomic E-state index is -0.176. The number of nitriles is 1. The van der Waals surface area contributed by atoms with Gasteiger partial charge in [-0.1, -0.05) is 30.3 Å². The Hall–Kier alpha value is -3.14. The standard InChI is InChI=1S/C15H16N6O/c1-17-15(19-11-16)18-9-10-21-14(22)8-7-13(20-21)12-5-3-2-4-6-12/h2-8H,9-10H2,1H3,(H2,17,18,19). The molecule has 0 aliphatic rings. The first-order valence-corrected chi connectivity index (χ1v) is 6.74. The smallest absolute Gasteiger partial charge is 0.266 e. The summed E-state index contributed by atoms with van der Waals surface area (Å²) >= 11 is 0. The second-order valence-electron chi connectivity index (χ2n) is 4.38. The molecule has 0 aliphatic carbocycles. The molecule has 112 valence electrons. The largest absolute Gasteiger partial charge is 0.354 e. The lowest BCUT2D eigenvalue weighted by Crippen LogP contribution is -2.38. The molecule has 22 heavy (non-hydrogen) atoms. The van der Waals surface area contributed by atoms with Gasteiger partial charge in [-0.3, -0.25) is 15.1 Å². The summed E-state index contributed by atoms with van der Waals surface area (Å²) in [5, 5.41) is 18.2. The monoisotopic (exact) mass is 296 g/mol. The third-order valence-corrected chi connectivity index (χ3v) is 2.95. The van der Waals surface area contributed by atoms with Gasteiger partial charge in [-0.25, -0.2) is 4.68 Å². The summed E-state index contributed by atoms with van der Waals surface area (Å²) in [5.41, 5.74) is 1.51. The molecule has 7 nitrogen and oxygen atoms in total. The van der Waals surface area contributed by atoms with Gasteiger partial charge < -0.3 is 5.32 Å². The molecule has 0 amide bonds. The fraction of sp³-hybridized carbons (Fsp3) is 0.200. The van der Waals surface area contributed by atoms with Crippen LogP contribution in [0.5, 0.6) is 0 Å². The van der Waals surface area contributed by atoms with Crippen LogP contribution in [-0.4, -0.2) is 29.3 Å². The van der Waals surface area contributed by atoms with Gasteiger partial charge in [0.25, 0.3) is 5.56 Å². The van der Waals surface area contributed by atoms with Crippen molar-refractivity contribution in [3.8, 4) is 17.5 Å². The first-order chi connectivity index (χ1) is 10.7. The van der Waals surface area contributed by atoms with Crippen molar-refractivity contribution in [2.45, 2.75) is 6.54 Å². The molecule has 2 rings (SSSR count). The average molecular weight is 296 g/mol. The van der Waals surface area contributed by atoms with Crippen molar-refractivity contribution in [2.75, 3.05) is 13.6 Å². The molecule has 0 bridgehead atoms. The summed E-state index contributed by atoms with van der Waals surface area (Å²) in [6.07, 6.45) is 1.78. The zero-order valence-electron chi connectivity index (χ0n) is 12.2. The highest BCUT2D eigenvalue weighted by Crippen LogP contribution is 2.13. The van der Waals surface area contributed by atoms with E-state index in [4.69, 9.17) is 5.26 Å². The number of guanidine groups is 1. The van der Waals surface area contributed by atoms with Gasteiger partial charge >= 0.3 is 0 Å². The summed E-state index contributed by atoms with van der Waals surface area (Å²) in [6, 6.07) is 12.9. The Bertz CT molecular complexity index is 745. The van der Waals surface area contributed by atoms with Crippen molar-refractivity contribution in [3.63, 3.8) is 0 Å². The Morgan fingerprint density at radius 1 is 1.32 bits per heavy atom. The van der Waals surface area contributed by atoms with Crippen LogP contribution < -0.4 is 16.2 Å². The van der Waals surface area contributed by atoms with Gasteiger partial charge in [-0.15, -0.1) is 0 Å². The maximum Gasteiger partial charge on any atom is 0.266 e. The highest BCUT2D eigenvalue weighted by molar-refractivity contribution is 5.80. The molecule has 1 aromatic carbocycles. The minimum absolute atomic E-state index is 0.176. The fourth-order valence-corrected chi connectivity index (χ4v) is 1.88. The Kier molecular flexibility index (Phi) is 5.26. The van der Waals surface area contributed by atoms with Crippen LogP contribution in [-0.2, 0) is 6.54 Å². The van der Waals surface area contributed by atoms with E-state index in [1.807, 2.05) is 30.3 Å². The van der Waals surface area contributed by atoms with E-state index in [0.717, 1.165) is 11.3 Å². The van der Waals surface area contributed by atoms with E-state index in [0.29, 0.717) is 19.0 Å². The molecular formula is C15H16N6O. The van der Waals surface area contributed by atoms with E-state index in [1.165, 1.54) is 10.7 Å². The van der Waals surface area contributed by atoms with Crippen LogP contribution in [0.4, 0.5) is 0 Å². The van der Waals surface area contributed by atoms with Crippen molar-refractivity contribution in [1.29, 1.82) is 5.26 Å². The Balaban J connectivity index is 2.09. The molecule has 1 heterocycles. The number of aliphatic imine (C=N–C) groups is 1. The molecule has 0 aliphatic heterocycles. The van der Waals surface area contributed by atoms with Gasteiger partial charge in [0.05, 0.1) is 12.2 Å². The minimum Gasteiger partial charge on any atom is -0.354 e. The number of rotatable bonds is 4. The van der Waals surface area contributed by atoms with Gasteiger partial charge in [-0.2, -0.15) is 10.4 Å². The van der Waals surface area contributed by atoms with E-state index >= 15 is 0 Å². The number of nitrogens with one attached hydrogen (secondary N) is 2. The van der Waals surface area contributed by atoms with Crippen LogP contribution in [0.2, 0.25) is 0 Å². The second-order valence-corrected chi connectivity index (χ2v) is 4.38. The number of aromatic nitrogens is 2. The molecule has 0 radical (unpaired) electrons. The molecule has 0 saturated carbocycles. The first-order valence-electron chi connectivity index (χ1n) is 6.74. The summed E-state index contributed by atoms with van der Waals surface area (Å²) in [4.78, 5) is 15.7. The molecule has 2 N–H and O–H groups in total. The molecule has 1 aromatic heterocycles. The first kappa shape index (κ1) is 15.3. The SMILES string of the molecule is CN=C(NC#N)NCCn1nc(-c2ccccc2)ccc1=O. The molecule has 0 unspecified atom stereocenters. The molecule has 0 fully saturated rings. The highest BCUT2D eigenvalue weighted by atomic mass is 16.1. The van der Waals surface area contributed by atoms with Gasteiger partial charge in [0.2, 0.25) is 5.96 Å². The average Bonchev–Trinajstić information content (AvgIpc) is 2.56. The van der Waals surface area contributed by atoms with E-state index in [-0.39, 0.29) is 5.56 Å². The van der Waals surface area contributed by atoms with Crippen LogP contribution in [0.25, 0.3) is 11.3 Å². The van der Waals surface area contributed by atoms with Crippen LogP contribution in [0.15, 0.2) is 52.3 Å². The van der Waals surface area contributed by atoms with Crippen molar-refractivity contribution >= 4 is 5.96 Å². The van der Waals surface area contributed by atoms with E-state index in [1.54, 1.807) is 19.3 Å². The molecule has 7 heteroatoms.